The van der Waals surface area contributed by atoms with Crippen LogP contribution in [0.15, 0.2) is 48.8 Å². The summed E-state index contributed by atoms with van der Waals surface area (Å²) in [7, 11) is 0. The monoisotopic (exact) mass is 201 g/mol. The molecule has 0 saturated heterocycles. The van der Waals surface area contributed by atoms with Crippen LogP contribution in [0.25, 0.3) is 5.69 Å². The van der Waals surface area contributed by atoms with Crippen molar-refractivity contribution in [3.63, 3.8) is 0 Å². The van der Waals surface area contributed by atoms with Crippen molar-refractivity contribution in [1.29, 1.82) is 0 Å². The van der Waals surface area contributed by atoms with Crippen LogP contribution in [0.3, 0.4) is 0 Å². The largest absolute Gasteiger partial charge is 0.324 e. The first-order chi connectivity index (χ1) is 7.27. The highest BCUT2D eigenvalue weighted by atomic mass is 14.9. The molecule has 15 heavy (non-hydrogen) atoms. The summed E-state index contributed by atoms with van der Waals surface area (Å²) in [6, 6.07) is 12.5. The molecule has 0 unspecified atom stereocenters. The van der Waals surface area contributed by atoms with Crippen molar-refractivity contribution < 1.29 is 0 Å². The van der Waals surface area contributed by atoms with Gasteiger partial charge in [0.1, 0.15) is 0 Å². The summed E-state index contributed by atoms with van der Waals surface area (Å²) in [4.78, 5) is 0. The highest BCUT2D eigenvalue weighted by Gasteiger charge is 1.91. The molecule has 0 spiro atoms. The highest BCUT2D eigenvalue weighted by Crippen LogP contribution is 2.08. The SMILES string of the molecule is CCC.Cc1ccc(-n2cccc2)cc1. The number of aromatic nitrogens is 1. The van der Waals surface area contributed by atoms with E-state index in [4.69, 9.17) is 0 Å². The van der Waals surface area contributed by atoms with Crippen LogP contribution in [0.4, 0.5) is 0 Å². The second-order valence-corrected chi connectivity index (χ2v) is 3.63. The third kappa shape index (κ3) is 3.62. The number of benzene rings is 1. The van der Waals surface area contributed by atoms with Crippen LogP contribution in [-0.2, 0) is 0 Å². The van der Waals surface area contributed by atoms with Crippen LogP contribution in [0.2, 0.25) is 0 Å². The minimum atomic E-state index is 1.21. The van der Waals surface area contributed by atoms with Crippen LogP contribution in [0.5, 0.6) is 0 Å². The Bertz CT molecular complexity index is 357. The molecular weight excluding hydrogens is 182 g/mol. The van der Waals surface area contributed by atoms with E-state index in [0.29, 0.717) is 0 Å². The van der Waals surface area contributed by atoms with Gasteiger partial charge in [-0.15, -0.1) is 0 Å². The van der Waals surface area contributed by atoms with E-state index in [9.17, 15) is 0 Å². The predicted octanol–water partition coefficient (Wildman–Crippen LogP) is 4.20. The van der Waals surface area contributed by atoms with Gasteiger partial charge in [-0.1, -0.05) is 38.0 Å². The van der Waals surface area contributed by atoms with E-state index in [1.807, 2.05) is 24.5 Å². The van der Waals surface area contributed by atoms with Gasteiger partial charge in [0.05, 0.1) is 0 Å². The lowest BCUT2D eigenvalue weighted by molar-refractivity contribution is 1.08. The van der Waals surface area contributed by atoms with E-state index in [1.165, 1.54) is 17.7 Å². The zero-order valence-corrected chi connectivity index (χ0v) is 9.77. The van der Waals surface area contributed by atoms with Gasteiger partial charge in [-0.05, 0) is 31.2 Å². The molecule has 0 radical (unpaired) electrons. The molecule has 2 aromatic rings. The molecule has 2 rings (SSSR count). The summed E-state index contributed by atoms with van der Waals surface area (Å²) in [5.74, 6) is 0. The van der Waals surface area contributed by atoms with Gasteiger partial charge in [0.2, 0.25) is 0 Å². The predicted molar refractivity (Wildman–Crippen MR) is 66.5 cm³/mol. The Labute approximate surface area is 92.4 Å². The lowest BCUT2D eigenvalue weighted by atomic mass is 10.2. The number of rotatable bonds is 1. The maximum atomic E-state index is 2.12. The summed E-state index contributed by atoms with van der Waals surface area (Å²) >= 11 is 0. The molecule has 0 bridgehead atoms. The number of aryl methyl sites for hydroxylation is 1. The zero-order chi connectivity index (χ0) is 11.1. The average molecular weight is 201 g/mol. The van der Waals surface area contributed by atoms with Crippen molar-refractivity contribution in [3.05, 3.63) is 54.4 Å². The van der Waals surface area contributed by atoms with E-state index in [1.54, 1.807) is 0 Å². The summed E-state index contributed by atoms with van der Waals surface area (Å²) < 4.78 is 2.10. The molecule has 0 saturated carbocycles. The van der Waals surface area contributed by atoms with E-state index < -0.39 is 0 Å². The molecule has 0 aliphatic carbocycles. The van der Waals surface area contributed by atoms with Crippen molar-refractivity contribution in [3.8, 4) is 5.69 Å². The molecule has 0 atom stereocenters. The zero-order valence-electron chi connectivity index (χ0n) is 9.77. The lowest BCUT2D eigenvalue weighted by Crippen LogP contribution is -1.88. The Hall–Kier alpha value is -1.50. The molecule has 0 N–H and O–H groups in total. The standard InChI is InChI=1S/C11H11N.C3H8/c1-10-4-6-11(7-5-10)12-8-2-3-9-12;1-3-2/h2-9H,1H3;3H2,1-2H3. The molecule has 1 aromatic carbocycles. The fourth-order valence-electron chi connectivity index (χ4n) is 1.22. The normalized spacial score (nSPS) is 9.27. The van der Waals surface area contributed by atoms with Crippen molar-refractivity contribution in [2.45, 2.75) is 27.2 Å². The molecular formula is C14H19N. The van der Waals surface area contributed by atoms with Gasteiger partial charge in [0.15, 0.2) is 0 Å². The third-order valence-electron chi connectivity index (χ3n) is 1.94. The van der Waals surface area contributed by atoms with Gasteiger partial charge < -0.3 is 4.57 Å². The maximum Gasteiger partial charge on any atom is 0.0449 e. The van der Waals surface area contributed by atoms with Crippen LogP contribution in [0, 0.1) is 6.92 Å². The summed E-state index contributed by atoms with van der Waals surface area (Å²) in [5.41, 5.74) is 2.51. The fraction of sp³-hybridized carbons (Fsp3) is 0.286. The van der Waals surface area contributed by atoms with Crippen LogP contribution < -0.4 is 0 Å². The molecule has 0 fully saturated rings. The average Bonchev–Trinajstić information content (AvgIpc) is 2.73. The molecule has 1 nitrogen and oxygen atoms in total. The number of hydrogen-bond acceptors (Lipinski definition) is 0. The minimum Gasteiger partial charge on any atom is -0.324 e. The van der Waals surface area contributed by atoms with Gasteiger partial charge in [0.25, 0.3) is 0 Å². The second kappa shape index (κ2) is 6.07. The molecule has 80 valence electrons. The second-order valence-electron chi connectivity index (χ2n) is 3.63. The van der Waals surface area contributed by atoms with E-state index in [-0.39, 0.29) is 0 Å². The Morgan fingerprint density at radius 3 is 1.87 bits per heavy atom. The fourth-order valence-corrected chi connectivity index (χ4v) is 1.22. The Morgan fingerprint density at radius 2 is 1.40 bits per heavy atom. The number of nitrogens with zero attached hydrogens (tertiary/aromatic N) is 1. The Kier molecular flexibility index (Phi) is 4.69. The van der Waals surface area contributed by atoms with Gasteiger partial charge in [-0.3, -0.25) is 0 Å². The summed E-state index contributed by atoms with van der Waals surface area (Å²) in [5, 5.41) is 0. The Balaban J connectivity index is 0.000000337. The summed E-state index contributed by atoms with van der Waals surface area (Å²) in [6.45, 7) is 6.35. The highest BCUT2D eigenvalue weighted by molar-refractivity contribution is 5.34. The van der Waals surface area contributed by atoms with Crippen LogP contribution >= 0.6 is 0 Å². The first-order valence-corrected chi connectivity index (χ1v) is 5.48. The lowest BCUT2D eigenvalue weighted by Gasteiger charge is -2.01. The van der Waals surface area contributed by atoms with Crippen LogP contribution in [-0.4, -0.2) is 4.57 Å². The van der Waals surface area contributed by atoms with Crippen LogP contribution in [0.1, 0.15) is 25.8 Å². The van der Waals surface area contributed by atoms with Gasteiger partial charge in [-0.2, -0.15) is 0 Å². The number of hydrogen-bond donors (Lipinski definition) is 0. The van der Waals surface area contributed by atoms with Crippen molar-refractivity contribution in [2.24, 2.45) is 0 Å². The van der Waals surface area contributed by atoms with Crippen molar-refractivity contribution in [1.82, 2.24) is 4.57 Å². The first-order valence-electron chi connectivity index (χ1n) is 5.48. The molecule has 0 aliphatic rings. The quantitative estimate of drug-likeness (QED) is 0.651. The molecule has 1 heteroatoms. The van der Waals surface area contributed by atoms with Gasteiger partial charge >= 0.3 is 0 Å². The van der Waals surface area contributed by atoms with E-state index in [2.05, 4.69) is 49.6 Å². The smallest absolute Gasteiger partial charge is 0.0449 e. The van der Waals surface area contributed by atoms with Gasteiger partial charge in [-0.25, -0.2) is 0 Å². The maximum absolute atomic E-state index is 2.12. The van der Waals surface area contributed by atoms with Gasteiger partial charge in [0, 0.05) is 18.1 Å². The minimum absolute atomic E-state index is 1.21. The summed E-state index contributed by atoms with van der Waals surface area (Å²) in [6.07, 6.45) is 5.34. The van der Waals surface area contributed by atoms with Crippen molar-refractivity contribution in [2.75, 3.05) is 0 Å². The molecule has 1 aromatic heterocycles. The van der Waals surface area contributed by atoms with E-state index >= 15 is 0 Å². The van der Waals surface area contributed by atoms with Crippen molar-refractivity contribution >= 4 is 0 Å². The van der Waals surface area contributed by atoms with E-state index in [0.717, 1.165) is 0 Å². The Morgan fingerprint density at radius 1 is 0.933 bits per heavy atom. The molecule has 0 amide bonds. The third-order valence-corrected chi connectivity index (χ3v) is 1.94. The molecule has 1 heterocycles. The topological polar surface area (TPSA) is 4.93 Å². The molecule has 0 aliphatic heterocycles. The first kappa shape index (κ1) is 11.6.